The van der Waals surface area contributed by atoms with Gasteiger partial charge in [-0.1, -0.05) is 39.0 Å². The lowest BCUT2D eigenvalue weighted by molar-refractivity contribution is -0.172. The van der Waals surface area contributed by atoms with E-state index in [0.717, 1.165) is 0 Å². The lowest BCUT2D eigenvalue weighted by Crippen LogP contribution is -2.44. The fourth-order valence-corrected chi connectivity index (χ4v) is 4.64. The Morgan fingerprint density at radius 3 is 2.54 bits per heavy atom. The molecule has 15 heteroatoms. The van der Waals surface area contributed by atoms with Crippen LogP contribution in [0.4, 0.5) is 24.8 Å². The summed E-state index contributed by atoms with van der Waals surface area (Å²) in [5.41, 5.74) is 0.284. The molecule has 0 saturated carbocycles. The Hall–Kier alpha value is -2.70. The number of nitrogens with zero attached hydrogens (tertiary/aromatic N) is 5. The van der Waals surface area contributed by atoms with E-state index in [9.17, 15) is 18.0 Å². The van der Waals surface area contributed by atoms with Crippen molar-refractivity contribution in [2.75, 3.05) is 38.7 Å². The molecular formula is C26H38ClF3N6O4Si. The molecule has 1 unspecified atom stereocenters. The topological polar surface area (TPSA) is 101 Å². The zero-order chi connectivity index (χ0) is 31.2. The van der Waals surface area contributed by atoms with E-state index in [0.29, 0.717) is 18.8 Å². The third kappa shape index (κ3) is 9.40. The fraction of sp³-hybridized carbons (Fsp3) is 0.615. The van der Waals surface area contributed by atoms with Gasteiger partial charge >= 0.3 is 12.1 Å². The first-order valence-electron chi connectivity index (χ1n) is 12.7. The SMILES string of the molecule is C=C(C#CNC(=O)C(F)(F)F)c1c(/N=C/N(C)C)ncnc1N(C)[C@H]1CC(OCCl)[C@@H](CO[Si](C)(C)C(C)(C)C)O1. The molecule has 1 amide bonds. The van der Waals surface area contributed by atoms with Crippen LogP contribution in [0.1, 0.15) is 32.8 Å². The number of alkyl halides is 4. The molecule has 3 atom stereocenters. The summed E-state index contributed by atoms with van der Waals surface area (Å²) in [6.07, 6.45) is -3.18. The van der Waals surface area contributed by atoms with Crippen LogP contribution in [0.5, 0.6) is 0 Å². The largest absolute Gasteiger partial charge is 0.472 e. The highest BCUT2D eigenvalue weighted by atomic mass is 35.5. The van der Waals surface area contributed by atoms with Crippen LogP contribution in [0, 0.1) is 12.0 Å². The molecule has 0 spiro atoms. The number of amides is 1. The molecule has 228 valence electrons. The van der Waals surface area contributed by atoms with E-state index in [1.807, 2.05) is 6.04 Å². The first-order valence-corrected chi connectivity index (χ1v) is 16.2. The monoisotopic (exact) mass is 618 g/mol. The average Bonchev–Trinajstić information content (AvgIpc) is 3.27. The van der Waals surface area contributed by atoms with Gasteiger partial charge in [-0.25, -0.2) is 15.0 Å². The summed E-state index contributed by atoms with van der Waals surface area (Å²) in [5.74, 6) is 0.723. The molecule has 1 N–H and O–H groups in total. The number of rotatable bonds is 10. The molecule has 0 aliphatic carbocycles. The van der Waals surface area contributed by atoms with E-state index in [2.05, 4.69) is 61.3 Å². The first-order chi connectivity index (χ1) is 18.9. The van der Waals surface area contributed by atoms with Crippen LogP contribution in [0.3, 0.4) is 0 Å². The second-order valence-corrected chi connectivity index (χ2v) is 16.2. The van der Waals surface area contributed by atoms with Gasteiger partial charge in [-0.2, -0.15) is 13.2 Å². The lowest BCUT2D eigenvalue weighted by atomic mass is 10.1. The Balaban J connectivity index is 2.40. The van der Waals surface area contributed by atoms with Crippen LogP contribution in [-0.2, 0) is 18.7 Å². The highest BCUT2D eigenvalue weighted by Crippen LogP contribution is 2.38. The minimum Gasteiger partial charge on any atom is -0.414 e. The van der Waals surface area contributed by atoms with Crippen LogP contribution in [0.15, 0.2) is 17.9 Å². The van der Waals surface area contributed by atoms with Crippen molar-refractivity contribution in [1.82, 2.24) is 20.2 Å². The minimum absolute atomic E-state index is 0.00490. The highest BCUT2D eigenvalue weighted by molar-refractivity contribution is 6.74. The summed E-state index contributed by atoms with van der Waals surface area (Å²) in [6.45, 7) is 14.9. The number of ether oxygens (including phenoxy) is 2. The highest BCUT2D eigenvalue weighted by Gasteiger charge is 2.43. The molecule has 1 aliphatic heterocycles. The van der Waals surface area contributed by atoms with Gasteiger partial charge in [0.2, 0.25) is 0 Å². The van der Waals surface area contributed by atoms with E-state index in [4.69, 9.17) is 25.5 Å². The van der Waals surface area contributed by atoms with Crippen molar-refractivity contribution in [3.8, 4) is 12.0 Å². The van der Waals surface area contributed by atoms with E-state index in [-0.39, 0.29) is 34.2 Å². The number of anilines is 1. The number of hydrogen-bond donors (Lipinski definition) is 1. The van der Waals surface area contributed by atoms with Gasteiger partial charge in [-0.3, -0.25) is 10.1 Å². The molecule has 41 heavy (non-hydrogen) atoms. The van der Waals surface area contributed by atoms with E-state index in [1.54, 1.807) is 30.9 Å². The van der Waals surface area contributed by atoms with Crippen molar-refractivity contribution < 1.29 is 31.9 Å². The van der Waals surface area contributed by atoms with Crippen molar-refractivity contribution in [2.24, 2.45) is 4.99 Å². The zero-order valence-electron chi connectivity index (χ0n) is 24.6. The number of halogens is 4. The van der Waals surface area contributed by atoms with Gasteiger partial charge in [-0.05, 0) is 24.1 Å². The number of aromatic nitrogens is 2. The number of nitrogens with one attached hydrogen (secondary N) is 1. The van der Waals surface area contributed by atoms with Gasteiger partial charge in [0.05, 0.1) is 24.6 Å². The summed E-state index contributed by atoms with van der Waals surface area (Å²) in [7, 11) is 3.18. The molecule has 1 aromatic heterocycles. The van der Waals surface area contributed by atoms with Crippen LogP contribution < -0.4 is 10.2 Å². The molecular weight excluding hydrogens is 581 g/mol. The number of allylic oxidation sites excluding steroid dienone is 1. The quantitative estimate of drug-likeness (QED) is 0.102. The third-order valence-electron chi connectivity index (χ3n) is 6.81. The summed E-state index contributed by atoms with van der Waals surface area (Å²) >= 11 is 5.91. The molecule has 0 aromatic carbocycles. The lowest BCUT2D eigenvalue weighted by Gasteiger charge is -2.37. The molecule has 2 heterocycles. The Kier molecular flexibility index (Phi) is 11.8. The van der Waals surface area contributed by atoms with E-state index < -0.39 is 32.7 Å². The summed E-state index contributed by atoms with van der Waals surface area (Å²) in [5, 5.41) is 1.51. The maximum Gasteiger partial charge on any atom is 0.472 e. The maximum absolute atomic E-state index is 12.6. The predicted octanol–water partition coefficient (Wildman–Crippen LogP) is 4.51. The number of hydrogen-bond acceptors (Lipinski definition) is 8. The fourth-order valence-electron chi connectivity index (χ4n) is 3.46. The van der Waals surface area contributed by atoms with Gasteiger partial charge in [0.25, 0.3) is 0 Å². The second-order valence-electron chi connectivity index (χ2n) is 11.1. The number of aliphatic imine (C=N–C) groups is 1. The molecule has 0 bridgehead atoms. The number of carbonyl (C=O) groups excluding carboxylic acids is 1. The van der Waals surface area contributed by atoms with E-state index >= 15 is 0 Å². The Labute approximate surface area is 245 Å². The zero-order valence-corrected chi connectivity index (χ0v) is 26.4. The van der Waals surface area contributed by atoms with Gasteiger partial charge in [0, 0.05) is 39.2 Å². The molecule has 2 rings (SSSR count). The molecule has 1 aromatic rings. The summed E-state index contributed by atoms with van der Waals surface area (Å²) < 4.78 is 56.3. The van der Waals surface area contributed by atoms with Crippen LogP contribution >= 0.6 is 11.6 Å². The van der Waals surface area contributed by atoms with Crippen molar-refractivity contribution in [3.63, 3.8) is 0 Å². The summed E-state index contributed by atoms with van der Waals surface area (Å²) in [6, 6.07) is 1.98. The van der Waals surface area contributed by atoms with Gasteiger partial charge < -0.3 is 23.7 Å². The normalized spacial score (nSPS) is 19.6. The molecule has 1 saturated heterocycles. The smallest absolute Gasteiger partial charge is 0.414 e. The molecule has 0 radical (unpaired) electrons. The Morgan fingerprint density at radius 1 is 1.32 bits per heavy atom. The van der Waals surface area contributed by atoms with Crippen molar-refractivity contribution in [3.05, 3.63) is 18.5 Å². The van der Waals surface area contributed by atoms with E-state index in [1.165, 1.54) is 18.0 Å². The molecule has 1 fully saturated rings. The first kappa shape index (κ1) is 34.5. The van der Waals surface area contributed by atoms with Crippen LogP contribution in [-0.4, -0.2) is 93.9 Å². The van der Waals surface area contributed by atoms with Gasteiger partial charge in [-0.15, -0.1) is 0 Å². The van der Waals surface area contributed by atoms with Gasteiger partial charge in [0.15, 0.2) is 14.1 Å². The van der Waals surface area contributed by atoms with Gasteiger partial charge in [0.1, 0.15) is 30.5 Å². The van der Waals surface area contributed by atoms with Crippen molar-refractivity contribution in [2.45, 2.75) is 69.9 Å². The van der Waals surface area contributed by atoms with Crippen LogP contribution in [0.25, 0.3) is 5.57 Å². The second kappa shape index (κ2) is 14.0. The Bertz CT molecular complexity index is 1180. The minimum atomic E-state index is -5.08. The average molecular weight is 619 g/mol. The molecule has 1 aliphatic rings. The Morgan fingerprint density at radius 2 is 1.98 bits per heavy atom. The third-order valence-corrected chi connectivity index (χ3v) is 11.4. The van der Waals surface area contributed by atoms with Crippen LogP contribution in [0.2, 0.25) is 18.1 Å². The standard InChI is InChI=1S/C26H38ClF3N6O4Si/c1-17(10-11-31-24(37)26(28,29)30)21-22(34-16-35(5)6)32-15-33-23(21)36(7)20-12-18(38-14-27)19(40-20)13-39-41(8,9)25(2,3)4/h15-16,18-20H,1,12-14H2,2-9H3,(H,31,37)/b34-16+/t18?,19-,20-/m1/s1. The summed E-state index contributed by atoms with van der Waals surface area (Å²) in [4.78, 5) is 27.5. The maximum atomic E-state index is 12.6. The molecule has 10 nitrogen and oxygen atoms in total. The predicted molar refractivity (Wildman–Crippen MR) is 155 cm³/mol. The number of carbonyl (C=O) groups is 1. The van der Waals surface area contributed by atoms with Crippen molar-refractivity contribution >= 4 is 49.4 Å². The van der Waals surface area contributed by atoms with Crippen molar-refractivity contribution in [1.29, 1.82) is 0 Å².